The summed E-state index contributed by atoms with van der Waals surface area (Å²) in [5, 5.41) is 10.9. The summed E-state index contributed by atoms with van der Waals surface area (Å²) in [6, 6.07) is 11.8. The first-order valence-corrected chi connectivity index (χ1v) is 8.98. The molecule has 2 aromatic rings. The zero-order valence-corrected chi connectivity index (χ0v) is 15.8. The first kappa shape index (κ1) is 19.4. The van der Waals surface area contributed by atoms with Gasteiger partial charge in [0.2, 0.25) is 5.91 Å². The predicted molar refractivity (Wildman–Crippen MR) is 105 cm³/mol. The molecule has 1 aliphatic rings. The smallest absolute Gasteiger partial charge is 0.270 e. The van der Waals surface area contributed by atoms with E-state index in [4.69, 9.17) is 9.47 Å². The molecular formula is C21H22N2O5. The second kappa shape index (κ2) is 8.56. The maximum absolute atomic E-state index is 12.7. The van der Waals surface area contributed by atoms with Gasteiger partial charge in [0.1, 0.15) is 0 Å². The molecule has 28 heavy (non-hydrogen) atoms. The molecule has 0 bridgehead atoms. The Balaban J connectivity index is 1.78. The van der Waals surface area contributed by atoms with Gasteiger partial charge in [-0.1, -0.05) is 18.2 Å². The monoisotopic (exact) mass is 382 g/mol. The molecule has 7 nitrogen and oxygen atoms in total. The summed E-state index contributed by atoms with van der Waals surface area (Å²) < 4.78 is 10.6. The highest BCUT2D eigenvalue weighted by molar-refractivity contribution is 5.92. The van der Waals surface area contributed by atoms with Gasteiger partial charge in [-0.3, -0.25) is 14.9 Å². The van der Waals surface area contributed by atoms with Gasteiger partial charge in [-0.25, -0.2) is 0 Å². The molecule has 1 fully saturated rings. The van der Waals surface area contributed by atoms with Crippen LogP contribution in [0.3, 0.4) is 0 Å². The van der Waals surface area contributed by atoms with Crippen LogP contribution in [0.1, 0.15) is 30.0 Å². The van der Waals surface area contributed by atoms with Gasteiger partial charge in [-0.05, 0) is 42.2 Å². The summed E-state index contributed by atoms with van der Waals surface area (Å²) in [5.74, 6) is 1.16. The number of likely N-dealkylation sites (tertiary alicyclic amines) is 1. The van der Waals surface area contributed by atoms with E-state index in [-0.39, 0.29) is 17.6 Å². The molecule has 0 spiro atoms. The van der Waals surface area contributed by atoms with E-state index in [2.05, 4.69) is 0 Å². The van der Waals surface area contributed by atoms with Crippen molar-refractivity contribution in [3.05, 3.63) is 69.8 Å². The standard InChI is InChI=1S/C21H22N2O5/c1-27-19-10-9-16(14-20(19)28-2)18-7-4-12-22(18)21(24)11-8-15-5-3-6-17(13-15)23(25)26/h3,5-6,8-11,13-14,18H,4,7,12H2,1-2H3/b11-8+. The Morgan fingerprint density at radius 2 is 1.96 bits per heavy atom. The van der Waals surface area contributed by atoms with Crippen molar-refractivity contribution >= 4 is 17.7 Å². The second-order valence-electron chi connectivity index (χ2n) is 6.49. The Hall–Kier alpha value is -3.35. The Bertz CT molecular complexity index is 909. The van der Waals surface area contributed by atoms with Crippen LogP contribution in [0.25, 0.3) is 6.08 Å². The highest BCUT2D eigenvalue weighted by atomic mass is 16.6. The van der Waals surface area contributed by atoms with Gasteiger partial charge in [0.25, 0.3) is 5.69 Å². The maximum atomic E-state index is 12.7. The topological polar surface area (TPSA) is 81.9 Å². The van der Waals surface area contributed by atoms with Crippen LogP contribution in [0, 0.1) is 10.1 Å². The number of rotatable bonds is 6. The molecule has 1 saturated heterocycles. The average Bonchev–Trinajstić information content (AvgIpc) is 3.21. The first-order chi connectivity index (χ1) is 13.5. The number of nitro benzene ring substituents is 1. The maximum Gasteiger partial charge on any atom is 0.270 e. The van der Waals surface area contributed by atoms with Crippen LogP contribution >= 0.6 is 0 Å². The molecule has 3 rings (SSSR count). The summed E-state index contributed by atoms with van der Waals surface area (Å²) >= 11 is 0. The number of hydrogen-bond acceptors (Lipinski definition) is 5. The Kier molecular flexibility index (Phi) is 5.93. The van der Waals surface area contributed by atoms with Gasteiger partial charge in [-0.15, -0.1) is 0 Å². The third-order valence-corrected chi connectivity index (χ3v) is 4.83. The van der Waals surface area contributed by atoms with E-state index in [0.29, 0.717) is 23.6 Å². The molecule has 0 N–H and O–H groups in total. The molecule has 1 amide bonds. The number of hydrogen-bond donors (Lipinski definition) is 0. The van der Waals surface area contributed by atoms with Crippen molar-refractivity contribution in [1.29, 1.82) is 0 Å². The van der Waals surface area contributed by atoms with Gasteiger partial charge >= 0.3 is 0 Å². The third-order valence-electron chi connectivity index (χ3n) is 4.83. The van der Waals surface area contributed by atoms with Gasteiger partial charge in [0.05, 0.1) is 25.2 Å². The minimum atomic E-state index is -0.452. The zero-order chi connectivity index (χ0) is 20.1. The number of methoxy groups -OCH3 is 2. The quantitative estimate of drug-likeness (QED) is 0.429. The Morgan fingerprint density at radius 1 is 1.18 bits per heavy atom. The SMILES string of the molecule is COc1ccc(C2CCCN2C(=O)/C=C/c2cccc([N+](=O)[O-])c2)cc1OC. The summed E-state index contributed by atoms with van der Waals surface area (Å²) in [5.41, 5.74) is 1.61. The average molecular weight is 382 g/mol. The zero-order valence-electron chi connectivity index (χ0n) is 15.8. The number of carbonyl (C=O) groups is 1. The van der Waals surface area contributed by atoms with Crippen LogP contribution in [0.15, 0.2) is 48.5 Å². The first-order valence-electron chi connectivity index (χ1n) is 8.98. The van der Waals surface area contributed by atoms with Crippen LogP contribution < -0.4 is 9.47 Å². The van der Waals surface area contributed by atoms with E-state index in [0.717, 1.165) is 18.4 Å². The summed E-state index contributed by atoms with van der Waals surface area (Å²) in [4.78, 5) is 25.0. The molecule has 1 heterocycles. The van der Waals surface area contributed by atoms with Crippen LogP contribution in [0.2, 0.25) is 0 Å². The predicted octanol–water partition coefficient (Wildman–Crippen LogP) is 3.99. The largest absolute Gasteiger partial charge is 0.493 e. The number of non-ortho nitro benzene ring substituents is 1. The molecule has 7 heteroatoms. The molecule has 146 valence electrons. The molecule has 0 aliphatic carbocycles. The molecule has 0 radical (unpaired) electrons. The van der Waals surface area contributed by atoms with Gasteiger partial charge in [0.15, 0.2) is 11.5 Å². The lowest BCUT2D eigenvalue weighted by molar-refractivity contribution is -0.384. The van der Waals surface area contributed by atoms with E-state index in [1.54, 1.807) is 32.4 Å². The third kappa shape index (κ3) is 4.14. The van der Waals surface area contributed by atoms with Crippen molar-refractivity contribution < 1.29 is 19.2 Å². The van der Waals surface area contributed by atoms with Crippen molar-refractivity contribution in [2.75, 3.05) is 20.8 Å². The van der Waals surface area contributed by atoms with E-state index >= 15 is 0 Å². The minimum Gasteiger partial charge on any atom is -0.493 e. The molecule has 0 saturated carbocycles. The molecule has 2 aromatic carbocycles. The van der Waals surface area contributed by atoms with Crippen molar-refractivity contribution in [3.8, 4) is 11.5 Å². The fourth-order valence-corrected chi connectivity index (χ4v) is 3.44. The lowest BCUT2D eigenvalue weighted by atomic mass is 10.0. The normalized spacial score (nSPS) is 16.4. The number of nitrogens with zero attached hydrogens (tertiary/aromatic N) is 2. The van der Waals surface area contributed by atoms with Crippen molar-refractivity contribution in [3.63, 3.8) is 0 Å². The summed E-state index contributed by atoms with van der Waals surface area (Å²) in [6.45, 7) is 0.664. The van der Waals surface area contributed by atoms with Crippen LogP contribution in [0.5, 0.6) is 11.5 Å². The fourth-order valence-electron chi connectivity index (χ4n) is 3.44. The second-order valence-corrected chi connectivity index (χ2v) is 6.49. The van der Waals surface area contributed by atoms with Crippen LogP contribution in [0.4, 0.5) is 5.69 Å². The van der Waals surface area contributed by atoms with E-state index in [1.165, 1.54) is 18.2 Å². The van der Waals surface area contributed by atoms with Gasteiger partial charge < -0.3 is 14.4 Å². The van der Waals surface area contributed by atoms with E-state index in [1.807, 2.05) is 23.1 Å². The number of ether oxygens (including phenoxy) is 2. The van der Waals surface area contributed by atoms with E-state index in [9.17, 15) is 14.9 Å². The molecule has 0 aromatic heterocycles. The van der Waals surface area contributed by atoms with Crippen molar-refractivity contribution in [2.45, 2.75) is 18.9 Å². The lowest BCUT2D eigenvalue weighted by Gasteiger charge is -2.24. The number of nitro groups is 1. The number of benzene rings is 2. The van der Waals surface area contributed by atoms with Gasteiger partial charge in [-0.2, -0.15) is 0 Å². The van der Waals surface area contributed by atoms with Crippen LogP contribution in [-0.4, -0.2) is 36.5 Å². The molecular weight excluding hydrogens is 360 g/mol. The minimum absolute atomic E-state index is 0.000948. The van der Waals surface area contributed by atoms with Crippen LogP contribution in [-0.2, 0) is 4.79 Å². The highest BCUT2D eigenvalue weighted by Crippen LogP contribution is 2.37. The van der Waals surface area contributed by atoms with E-state index < -0.39 is 4.92 Å². The summed E-state index contributed by atoms with van der Waals surface area (Å²) in [6.07, 6.45) is 4.86. The number of amides is 1. The molecule has 1 atom stereocenters. The Labute approximate surface area is 163 Å². The fraction of sp³-hybridized carbons (Fsp3) is 0.286. The number of carbonyl (C=O) groups excluding carboxylic acids is 1. The van der Waals surface area contributed by atoms with Crippen molar-refractivity contribution in [1.82, 2.24) is 4.90 Å². The molecule has 1 aliphatic heterocycles. The van der Waals surface area contributed by atoms with Gasteiger partial charge in [0, 0.05) is 24.8 Å². The lowest BCUT2D eigenvalue weighted by Crippen LogP contribution is -2.28. The van der Waals surface area contributed by atoms with Crippen molar-refractivity contribution in [2.24, 2.45) is 0 Å². The highest BCUT2D eigenvalue weighted by Gasteiger charge is 2.29. The summed E-state index contributed by atoms with van der Waals surface area (Å²) in [7, 11) is 3.17. The Morgan fingerprint density at radius 3 is 2.68 bits per heavy atom. The molecule has 1 unspecified atom stereocenters.